The number of rotatable bonds is 8. The van der Waals surface area contributed by atoms with E-state index >= 15 is 0 Å². The first kappa shape index (κ1) is 17.1. The number of hydrogen-bond donors (Lipinski definition) is 2. The Balaban J connectivity index is 2.03. The molecule has 1 fully saturated rings. The van der Waals surface area contributed by atoms with Crippen molar-refractivity contribution in [2.45, 2.75) is 52.2 Å². The number of nitrogens with one attached hydrogen (secondary N) is 1. The van der Waals surface area contributed by atoms with E-state index in [-0.39, 0.29) is 17.9 Å². The average Bonchev–Trinajstić information content (AvgIpc) is 3.21. The predicted molar refractivity (Wildman–Crippen MR) is 87.6 cm³/mol. The number of aliphatic carboxylic acids is 1. The van der Waals surface area contributed by atoms with Crippen molar-refractivity contribution in [2.75, 3.05) is 6.54 Å². The molecule has 0 aromatic heterocycles. The van der Waals surface area contributed by atoms with E-state index in [4.69, 9.17) is 21.4 Å². The van der Waals surface area contributed by atoms with Gasteiger partial charge in [-0.3, -0.25) is 4.79 Å². The lowest BCUT2D eigenvalue weighted by Gasteiger charge is -2.26. The van der Waals surface area contributed by atoms with Crippen LogP contribution in [0.1, 0.15) is 51.6 Å². The Bertz CT molecular complexity index is 541. The fourth-order valence-corrected chi connectivity index (χ4v) is 2.52. The zero-order valence-electron chi connectivity index (χ0n) is 13.4. The smallest absolute Gasteiger partial charge is 0.303 e. The Hall–Kier alpha value is -1.26. The van der Waals surface area contributed by atoms with Gasteiger partial charge in [0.1, 0.15) is 5.75 Å². The van der Waals surface area contributed by atoms with Crippen LogP contribution in [0.25, 0.3) is 0 Å². The summed E-state index contributed by atoms with van der Waals surface area (Å²) in [6, 6.07) is 5.71. The maximum absolute atomic E-state index is 10.9. The highest BCUT2D eigenvalue weighted by molar-refractivity contribution is 6.30. The third-order valence-corrected chi connectivity index (χ3v) is 4.01. The van der Waals surface area contributed by atoms with Crippen LogP contribution in [0.3, 0.4) is 0 Å². The molecule has 0 heterocycles. The maximum atomic E-state index is 10.9. The molecule has 122 valence electrons. The van der Waals surface area contributed by atoms with Gasteiger partial charge < -0.3 is 15.2 Å². The zero-order valence-corrected chi connectivity index (χ0v) is 14.1. The van der Waals surface area contributed by atoms with Crippen molar-refractivity contribution in [2.24, 2.45) is 5.41 Å². The standard InChI is InChI=1S/C17H24ClNO3/c1-11(19-10-17(2,3)9-16(20)21)14-8-12(18)4-7-15(14)22-13-5-6-13/h4,7-8,11,13,19H,5-6,9-10H2,1-3H3,(H,20,21). The molecule has 1 unspecified atom stereocenters. The second-order valence-corrected chi connectivity index (χ2v) is 7.27. The molecule has 1 aliphatic rings. The van der Waals surface area contributed by atoms with E-state index in [2.05, 4.69) is 5.32 Å². The molecule has 2 N–H and O–H groups in total. The molecule has 1 aliphatic carbocycles. The number of hydrogen-bond acceptors (Lipinski definition) is 3. The van der Waals surface area contributed by atoms with E-state index in [0.29, 0.717) is 17.7 Å². The number of ether oxygens (including phenoxy) is 1. The van der Waals surface area contributed by atoms with Gasteiger partial charge in [-0.2, -0.15) is 0 Å². The lowest BCUT2D eigenvalue weighted by Crippen LogP contribution is -2.33. The highest BCUT2D eigenvalue weighted by atomic mass is 35.5. The van der Waals surface area contributed by atoms with E-state index in [9.17, 15) is 4.79 Å². The van der Waals surface area contributed by atoms with Gasteiger partial charge in [0.15, 0.2) is 0 Å². The van der Waals surface area contributed by atoms with Crippen molar-refractivity contribution < 1.29 is 14.6 Å². The summed E-state index contributed by atoms with van der Waals surface area (Å²) in [6.07, 6.45) is 2.68. The van der Waals surface area contributed by atoms with Crippen LogP contribution in [0, 0.1) is 5.41 Å². The molecule has 1 aromatic rings. The predicted octanol–water partition coefficient (Wildman–Crippen LogP) is 4.03. The molecule has 2 rings (SSSR count). The van der Waals surface area contributed by atoms with Crippen molar-refractivity contribution in [3.8, 4) is 5.75 Å². The van der Waals surface area contributed by atoms with E-state index in [1.54, 1.807) is 0 Å². The summed E-state index contributed by atoms with van der Waals surface area (Å²) in [5, 5.41) is 13.0. The Morgan fingerprint density at radius 2 is 2.18 bits per heavy atom. The third kappa shape index (κ3) is 5.18. The SMILES string of the molecule is CC(NCC(C)(C)CC(=O)O)c1cc(Cl)ccc1OC1CC1. The quantitative estimate of drug-likeness (QED) is 0.757. The molecule has 0 radical (unpaired) electrons. The summed E-state index contributed by atoms with van der Waals surface area (Å²) in [6.45, 7) is 6.54. The van der Waals surface area contributed by atoms with E-state index in [0.717, 1.165) is 24.2 Å². The fourth-order valence-electron chi connectivity index (χ4n) is 2.34. The van der Waals surface area contributed by atoms with Crippen molar-refractivity contribution in [1.29, 1.82) is 0 Å². The summed E-state index contributed by atoms with van der Waals surface area (Å²) in [7, 11) is 0. The number of carboxylic acid groups (broad SMARTS) is 1. The van der Waals surface area contributed by atoms with Gasteiger partial charge in [0.2, 0.25) is 0 Å². The molecule has 1 atom stereocenters. The minimum absolute atomic E-state index is 0.0421. The van der Waals surface area contributed by atoms with Crippen molar-refractivity contribution in [3.05, 3.63) is 28.8 Å². The van der Waals surface area contributed by atoms with Gasteiger partial charge in [0.25, 0.3) is 0 Å². The number of carbonyl (C=O) groups is 1. The molecule has 1 aromatic carbocycles. The summed E-state index contributed by atoms with van der Waals surface area (Å²) >= 11 is 6.11. The molecule has 0 amide bonds. The third-order valence-electron chi connectivity index (χ3n) is 3.77. The van der Waals surface area contributed by atoms with Crippen molar-refractivity contribution in [1.82, 2.24) is 5.32 Å². The van der Waals surface area contributed by atoms with Crippen LogP contribution in [0.15, 0.2) is 18.2 Å². The van der Waals surface area contributed by atoms with Crippen LogP contribution in [0.5, 0.6) is 5.75 Å². The van der Waals surface area contributed by atoms with Gasteiger partial charge in [-0.15, -0.1) is 0 Å². The second-order valence-electron chi connectivity index (χ2n) is 6.84. The largest absolute Gasteiger partial charge is 0.490 e. The lowest BCUT2D eigenvalue weighted by atomic mass is 9.89. The highest BCUT2D eigenvalue weighted by Gasteiger charge is 2.26. The van der Waals surface area contributed by atoms with Crippen molar-refractivity contribution in [3.63, 3.8) is 0 Å². The summed E-state index contributed by atoms with van der Waals surface area (Å²) < 4.78 is 5.94. The second kappa shape index (κ2) is 6.88. The minimum atomic E-state index is -0.778. The van der Waals surface area contributed by atoms with Gasteiger partial charge in [-0.1, -0.05) is 25.4 Å². The molecular weight excluding hydrogens is 302 g/mol. The fraction of sp³-hybridized carbons (Fsp3) is 0.588. The number of carboxylic acids is 1. The number of halogens is 1. The van der Waals surface area contributed by atoms with Crippen LogP contribution in [0.2, 0.25) is 5.02 Å². The summed E-state index contributed by atoms with van der Waals surface area (Å²) in [5.41, 5.74) is 0.710. The van der Waals surface area contributed by atoms with Gasteiger partial charge in [-0.25, -0.2) is 0 Å². The Morgan fingerprint density at radius 3 is 2.77 bits per heavy atom. The van der Waals surface area contributed by atoms with Crippen molar-refractivity contribution >= 4 is 17.6 Å². The molecule has 1 saturated carbocycles. The maximum Gasteiger partial charge on any atom is 0.303 e. The Labute approximate surface area is 136 Å². The van der Waals surface area contributed by atoms with Crippen LogP contribution in [-0.2, 0) is 4.79 Å². The molecule has 4 nitrogen and oxygen atoms in total. The normalized spacial score (nSPS) is 16.4. The zero-order chi connectivity index (χ0) is 16.3. The van der Waals surface area contributed by atoms with Gasteiger partial charge in [0, 0.05) is 23.2 Å². The van der Waals surface area contributed by atoms with E-state index in [1.807, 2.05) is 39.0 Å². The van der Waals surface area contributed by atoms with E-state index < -0.39 is 5.97 Å². The topological polar surface area (TPSA) is 58.6 Å². The first-order valence-electron chi connectivity index (χ1n) is 7.68. The van der Waals surface area contributed by atoms with Crippen LogP contribution in [-0.4, -0.2) is 23.7 Å². The molecule has 22 heavy (non-hydrogen) atoms. The monoisotopic (exact) mass is 325 g/mol. The number of benzene rings is 1. The van der Waals surface area contributed by atoms with Crippen LogP contribution in [0.4, 0.5) is 0 Å². The first-order chi connectivity index (χ1) is 10.3. The van der Waals surface area contributed by atoms with Gasteiger partial charge >= 0.3 is 5.97 Å². The molecular formula is C17H24ClNO3. The lowest BCUT2D eigenvalue weighted by molar-refractivity contribution is -0.139. The Kier molecular flexibility index (Phi) is 5.35. The van der Waals surface area contributed by atoms with Crippen LogP contribution < -0.4 is 10.1 Å². The molecule has 5 heteroatoms. The van der Waals surface area contributed by atoms with Gasteiger partial charge in [0.05, 0.1) is 12.5 Å². The minimum Gasteiger partial charge on any atom is -0.490 e. The molecule has 0 bridgehead atoms. The first-order valence-corrected chi connectivity index (χ1v) is 8.06. The van der Waals surface area contributed by atoms with E-state index in [1.165, 1.54) is 0 Å². The highest BCUT2D eigenvalue weighted by Crippen LogP contribution is 2.34. The summed E-state index contributed by atoms with van der Waals surface area (Å²) in [5.74, 6) is 0.0860. The molecule has 0 saturated heterocycles. The van der Waals surface area contributed by atoms with Crippen LogP contribution >= 0.6 is 11.6 Å². The summed E-state index contributed by atoms with van der Waals surface area (Å²) in [4.78, 5) is 10.9. The Morgan fingerprint density at radius 1 is 1.50 bits per heavy atom. The molecule has 0 spiro atoms. The average molecular weight is 326 g/mol. The van der Waals surface area contributed by atoms with Gasteiger partial charge in [-0.05, 0) is 43.4 Å². The molecule has 0 aliphatic heterocycles.